The van der Waals surface area contributed by atoms with Crippen molar-refractivity contribution >= 4 is 5.97 Å². The summed E-state index contributed by atoms with van der Waals surface area (Å²) >= 11 is 0. The first-order valence-corrected chi connectivity index (χ1v) is 6.57. The number of aliphatic hydroxyl groups is 1. The lowest BCUT2D eigenvalue weighted by Crippen LogP contribution is -2.45. The van der Waals surface area contributed by atoms with Crippen LogP contribution in [0.25, 0.3) is 0 Å². The van der Waals surface area contributed by atoms with Crippen LogP contribution in [0.4, 0.5) is 0 Å². The Kier molecular flexibility index (Phi) is 3.73. The number of hydrogen-bond acceptors (Lipinski definition) is 4. The van der Waals surface area contributed by atoms with Crippen LogP contribution < -0.4 is 0 Å². The Bertz CT molecular complexity index is 292. The second kappa shape index (κ2) is 4.94. The van der Waals surface area contributed by atoms with Gasteiger partial charge in [-0.2, -0.15) is 0 Å². The van der Waals surface area contributed by atoms with Gasteiger partial charge in [-0.1, -0.05) is 13.8 Å². The maximum absolute atomic E-state index is 11.6. The van der Waals surface area contributed by atoms with Crippen LogP contribution in [0, 0.1) is 5.92 Å². The third-order valence-corrected chi connectivity index (χ3v) is 3.97. The monoisotopic (exact) mass is 241 g/mol. The molecule has 0 aromatic carbocycles. The van der Waals surface area contributed by atoms with E-state index >= 15 is 0 Å². The van der Waals surface area contributed by atoms with Gasteiger partial charge in [0.1, 0.15) is 6.10 Å². The Morgan fingerprint density at radius 1 is 1.41 bits per heavy atom. The van der Waals surface area contributed by atoms with Gasteiger partial charge in [0, 0.05) is 31.3 Å². The van der Waals surface area contributed by atoms with Gasteiger partial charge < -0.3 is 9.84 Å². The summed E-state index contributed by atoms with van der Waals surface area (Å²) in [4.78, 5) is 13.9. The third kappa shape index (κ3) is 2.80. The van der Waals surface area contributed by atoms with E-state index in [1.165, 1.54) is 0 Å². The van der Waals surface area contributed by atoms with E-state index in [2.05, 4.69) is 11.9 Å². The van der Waals surface area contributed by atoms with Crippen molar-refractivity contribution in [2.45, 2.75) is 63.8 Å². The number of likely N-dealkylation sites (N-methyl/N-ethyl adjacent to an activating group) is 1. The number of fused-ring (bicyclic) bond motifs is 2. The van der Waals surface area contributed by atoms with E-state index in [1.807, 2.05) is 13.8 Å². The van der Waals surface area contributed by atoms with Crippen molar-refractivity contribution in [3.63, 3.8) is 0 Å². The summed E-state index contributed by atoms with van der Waals surface area (Å²) in [5.74, 6) is 0.250. The van der Waals surface area contributed by atoms with Gasteiger partial charge in [-0.15, -0.1) is 0 Å². The molecule has 2 aliphatic rings. The third-order valence-electron chi connectivity index (χ3n) is 3.97. The zero-order valence-electron chi connectivity index (χ0n) is 10.9. The summed E-state index contributed by atoms with van der Waals surface area (Å²) in [5, 5.41) is 9.88. The number of rotatable bonds is 3. The van der Waals surface area contributed by atoms with Crippen LogP contribution in [0.1, 0.15) is 39.5 Å². The Morgan fingerprint density at radius 2 is 2.12 bits per heavy atom. The fraction of sp³-hybridized carbons (Fsp3) is 0.923. The largest absolute Gasteiger partial charge is 0.462 e. The second-order valence-electron chi connectivity index (χ2n) is 5.87. The quantitative estimate of drug-likeness (QED) is 0.754. The Labute approximate surface area is 103 Å². The topological polar surface area (TPSA) is 49.8 Å². The number of hydrogen-bond donors (Lipinski definition) is 1. The van der Waals surface area contributed by atoms with Gasteiger partial charge in [0.15, 0.2) is 0 Å². The molecule has 4 atom stereocenters. The lowest BCUT2D eigenvalue weighted by molar-refractivity contribution is -0.153. The molecular weight excluding hydrogens is 218 g/mol. The summed E-state index contributed by atoms with van der Waals surface area (Å²) in [6.07, 6.45) is 2.71. The lowest BCUT2D eigenvalue weighted by Gasteiger charge is -2.36. The number of ether oxygens (including phenoxy) is 1. The van der Waals surface area contributed by atoms with Crippen molar-refractivity contribution < 1.29 is 14.6 Å². The minimum absolute atomic E-state index is 0.00426. The van der Waals surface area contributed by atoms with Crippen molar-refractivity contribution in [1.82, 2.24) is 4.90 Å². The summed E-state index contributed by atoms with van der Waals surface area (Å²) in [6, 6.07) is 0.547. The SMILES string of the molecule is CC(C)CC(=O)OC1CC2[C@@H](O)C[C@@H](C1)N2C. The zero-order valence-corrected chi connectivity index (χ0v) is 10.9. The molecule has 2 heterocycles. The number of carbonyl (C=O) groups excluding carboxylic acids is 1. The van der Waals surface area contributed by atoms with E-state index in [0.29, 0.717) is 18.4 Å². The standard InChI is InChI=1S/C13H23NO3/c1-8(2)4-13(16)17-10-5-9-6-12(15)11(7-10)14(9)3/h8-12,15H,4-7H2,1-3H3/t9-,10?,11?,12+/m1/s1. The minimum atomic E-state index is -0.251. The molecule has 0 saturated carbocycles. The average Bonchev–Trinajstić information content (AvgIpc) is 2.39. The van der Waals surface area contributed by atoms with Crippen molar-refractivity contribution in [3.05, 3.63) is 0 Å². The van der Waals surface area contributed by atoms with Gasteiger partial charge in [-0.25, -0.2) is 0 Å². The normalized spacial score (nSPS) is 37.5. The summed E-state index contributed by atoms with van der Waals surface area (Å²) in [6.45, 7) is 4.03. The van der Waals surface area contributed by atoms with E-state index in [9.17, 15) is 9.90 Å². The first-order valence-electron chi connectivity index (χ1n) is 6.57. The highest BCUT2D eigenvalue weighted by molar-refractivity contribution is 5.69. The maximum Gasteiger partial charge on any atom is 0.306 e. The molecule has 4 heteroatoms. The Morgan fingerprint density at radius 3 is 2.71 bits per heavy atom. The molecule has 0 radical (unpaired) electrons. The van der Waals surface area contributed by atoms with Crippen LogP contribution in [0.3, 0.4) is 0 Å². The van der Waals surface area contributed by atoms with Gasteiger partial charge in [0.25, 0.3) is 0 Å². The molecule has 0 aromatic heterocycles. The van der Waals surface area contributed by atoms with Gasteiger partial charge in [-0.3, -0.25) is 9.69 Å². The number of nitrogens with zero attached hydrogens (tertiary/aromatic N) is 1. The highest BCUT2D eigenvalue weighted by Crippen LogP contribution is 2.35. The van der Waals surface area contributed by atoms with E-state index in [-0.39, 0.29) is 24.2 Å². The fourth-order valence-corrected chi connectivity index (χ4v) is 3.06. The second-order valence-corrected chi connectivity index (χ2v) is 5.87. The van der Waals surface area contributed by atoms with Crippen LogP contribution in [-0.4, -0.2) is 47.3 Å². The summed E-state index contributed by atoms with van der Waals surface area (Å²) in [5.41, 5.74) is 0. The van der Waals surface area contributed by atoms with Crippen LogP contribution in [-0.2, 0) is 9.53 Å². The molecule has 1 N–H and O–H groups in total. The molecule has 0 aromatic rings. The van der Waals surface area contributed by atoms with Crippen LogP contribution in [0.5, 0.6) is 0 Å². The lowest BCUT2D eigenvalue weighted by atomic mass is 10.00. The van der Waals surface area contributed by atoms with Gasteiger partial charge in [-0.05, 0) is 19.4 Å². The first kappa shape index (κ1) is 12.8. The summed E-state index contributed by atoms with van der Waals surface area (Å²) in [7, 11) is 2.05. The van der Waals surface area contributed by atoms with Crippen molar-refractivity contribution in [1.29, 1.82) is 0 Å². The predicted octanol–water partition coefficient (Wildman–Crippen LogP) is 1.17. The molecule has 2 saturated heterocycles. The molecule has 2 unspecified atom stereocenters. The van der Waals surface area contributed by atoms with E-state index in [1.54, 1.807) is 0 Å². The molecule has 4 nitrogen and oxygen atoms in total. The van der Waals surface area contributed by atoms with Crippen molar-refractivity contribution in [2.24, 2.45) is 5.92 Å². The number of carbonyl (C=O) groups is 1. The van der Waals surface area contributed by atoms with Gasteiger partial charge >= 0.3 is 5.97 Å². The molecule has 2 fully saturated rings. The average molecular weight is 241 g/mol. The molecule has 0 aliphatic carbocycles. The molecule has 2 aliphatic heterocycles. The van der Waals surface area contributed by atoms with Gasteiger partial charge in [0.2, 0.25) is 0 Å². The molecule has 17 heavy (non-hydrogen) atoms. The van der Waals surface area contributed by atoms with Crippen LogP contribution in [0.15, 0.2) is 0 Å². The zero-order chi connectivity index (χ0) is 12.6. The highest BCUT2D eigenvalue weighted by atomic mass is 16.5. The van der Waals surface area contributed by atoms with E-state index in [4.69, 9.17) is 4.74 Å². The minimum Gasteiger partial charge on any atom is -0.462 e. The Balaban J connectivity index is 1.87. The predicted molar refractivity (Wildman–Crippen MR) is 64.5 cm³/mol. The molecule has 98 valence electrons. The summed E-state index contributed by atoms with van der Waals surface area (Å²) < 4.78 is 5.50. The van der Waals surface area contributed by atoms with E-state index in [0.717, 1.165) is 19.3 Å². The van der Waals surface area contributed by atoms with Gasteiger partial charge in [0.05, 0.1) is 6.10 Å². The number of aliphatic hydroxyl groups excluding tert-OH is 1. The van der Waals surface area contributed by atoms with E-state index < -0.39 is 0 Å². The molecule has 2 bridgehead atoms. The molecule has 2 rings (SSSR count). The van der Waals surface area contributed by atoms with Crippen LogP contribution >= 0.6 is 0 Å². The highest BCUT2D eigenvalue weighted by Gasteiger charge is 2.45. The van der Waals surface area contributed by atoms with Crippen molar-refractivity contribution in [2.75, 3.05) is 7.05 Å². The molecule has 0 spiro atoms. The Hall–Kier alpha value is -0.610. The first-order chi connectivity index (χ1) is 7.97. The smallest absolute Gasteiger partial charge is 0.306 e. The number of piperidine rings is 1. The number of esters is 1. The fourth-order valence-electron chi connectivity index (χ4n) is 3.06. The maximum atomic E-state index is 11.6. The van der Waals surface area contributed by atoms with Crippen LogP contribution in [0.2, 0.25) is 0 Å². The molecular formula is C13H23NO3. The molecule has 0 amide bonds. The van der Waals surface area contributed by atoms with Crippen molar-refractivity contribution in [3.8, 4) is 0 Å².